The third kappa shape index (κ3) is 2.51. The molecule has 0 saturated carbocycles. The van der Waals surface area contributed by atoms with Gasteiger partial charge >= 0.3 is 0 Å². The zero-order chi connectivity index (χ0) is 13.9. The maximum atomic E-state index is 12.4. The summed E-state index contributed by atoms with van der Waals surface area (Å²) in [5.74, 6) is 0.572. The minimum atomic E-state index is -3.69. The smallest absolute Gasteiger partial charge is 0.207 e. The summed E-state index contributed by atoms with van der Waals surface area (Å²) in [7, 11) is -2.19. The average Bonchev–Trinajstić information content (AvgIpc) is 2.47. The van der Waals surface area contributed by atoms with Crippen molar-refractivity contribution >= 4 is 16.1 Å². The van der Waals surface area contributed by atoms with Crippen molar-refractivity contribution in [3.8, 4) is 5.75 Å². The largest absolute Gasteiger partial charge is 0.497 e. The fourth-order valence-electron chi connectivity index (χ4n) is 1.70. The molecule has 0 aliphatic rings. The van der Waals surface area contributed by atoms with Crippen molar-refractivity contribution in [1.82, 2.24) is 0 Å². The number of hydrogen-bond acceptors (Lipinski definition) is 4. The van der Waals surface area contributed by atoms with Gasteiger partial charge in [0.1, 0.15) is 5.75 Å². The molecule has 0 aromatic heterocycles. The second-order valence-electron chi connectivity index (χ2n) is 3.83. The molecule has 4 nitrogen and oxygen atoms in total. The van der Waals surface area contributed by atoms with E-state index in [1.165, 1.54) is 31.4 Å². The van der Waals surface area contributed by atoms with Gasteiger partial charge in [0.2, 0.25) is 9.84 Å². The van der Waals surface area contributed by atoms with E-state index in [4.69, 9.17) is 4.74 Å². The zero-order valence-electron chi connectivity index (χ0n) is 10.2. The molecular weight excluding hydrogens is 264 g/mol. The molecule has 0 amide bonds. The van der Waals surface area contributed by atoms with E-state index in [2.05, 4.69) is 0 Å². The first-order chi connectivity index (χ1) is 9.09. The summed E-state index contributed by atoms with van der Waals surface area (Å²) in [6.45, 7) is 0. The van der Waals surface area contributed by atoms with Crippen LogP contribution in [0.1, 0.15) is 10.4 Å². The highest BCUT2D eigenvalue weighted by Crippen LogP contribution is 2.24. The number of benzene rings is 2. The first-order valence-corrected chi connectivity index (χ1v) is 7.01. The van der Waals surface area contributed by atoms with Gasteiger partial charge in [-0.25, -0.2) is 8.42 Å². The molecule has 0 unspecified atom stereocenters. The van der Waals surface area contributed by atoms with Crippen molar-refractivity contribution in [3.63, 3.8) is 0 Å². The van der Waals surface area contributed by atoms with Crippen LogP contribution in [0, 0.1) is 0 Å². The molecule has 0 spiro atoms. The van der Waals surface area contributed by atoms with Gasteiger partial charge in [0.15, 0.2) is 6.29 Å². The third-order valence-corrected chi connectivity index (χ3v) is 4.55. The molecule has 2 aromatic carbocycles. The molecule has 0 aliphatic carbocycles. The molecule has 5 heteroatoms. The standard InChI is InChI=1S/C14H12O4S/c1-18-12-6-8-13(9-7-12)19(16,17)14-5-3-2-4-11(14)10-15/h2-10H,1H3. The van der Waals surface area contributed by atoms with E-state index in [0.29, 0.717) is 12.0 Å². The minimum absolute atomic E-state index is 0.00941. The molecule has 2 aromatic rings. The number of ether oxygens (including phenoxy) is 1. The first-order valence-electron chi connectivity index (χ1n) is 5.53. The fraction of sp³-hybridized carbons (Fsp3) is 0.0714. The average molecular weight is 276 g/mol. The van der Waals surface area contributed by atoms with E-state index in [9.17, 15) is 13.2 Å². The molecule has 0 atom stereocenters. The lowest BCUT2D eigenvalue weighted by Gasteiger charge is -2.07. The highest BCUT2D eigenvalue weighted by atomic mass is 32.2. The summed E-state index contributed by atoms with van der Waals surface area (Å²) in [6.07, 6.45) is 0.538. The molecule has 0 heterocycles. The van der Waals surface area contributed by atoms with Crippen LogP contribution in [-0.2, 0) is 9.84 Å². The first kappa shape index (κ1) is 13.3. The fourth-order valence-corrected chi connectivity index (χ4v) is 3.14. The molecule has 98 valence electrons. The summed E-state index contributed by atoms with van der Waals surface area (Å²) < 4.78 is 29.8. The molecule has 0 bridgehead atoms. The van der Waals surface area contributed by atoms with E-state index >= 15 is 0 Å². The number of aldehydes is 1. The number of carbonyl (C=O) groups is 1. The van der Waals surface area contributed by atoms with Crippen LogP contribution in [0.25, 0.3) is 0 Å². The van der Waals surface area contributed by atoms with Crippen molar-refractivity contribution < 1.29 is 17.9 Å². The van der Waals surface area contributed by atoms with Crippen LogP contribution in [0.3, 0.4) is 0 Å². The Morgan fingerprint density at radius 2 is 1.63 bits per heavy atom. The quantitative estimate of drug-likeness (QED) is 0.804. The molecule has 0 N–H and O–H groups in total. The predicted molar refractivity (Wildman–Crippen MR) is 70.3 cm³/mol. The van der Waals surface area contributed by atoms with Crippen molar-refractivity contribution in [1.29, 1.82) is 0 Å². The van der Waals surface area contributed by atoms with Crippen LogP contribution in [0.15, 0.2) is 58.3 Å². The van der Waals surface area contributed by atoms with Crippen LogP contribution in [0.4, 0.5) is 0 Å². The number of hydrogen-bond donors (Lipinski definition) is 0. The second kappa shape index (κ2) is 5.24. The third-order valence-electron chi connectivity index (χ3n) is 2.71. The van der Waals surface area contributed by atoms with Crippen LogP contribution in [-0.4, -0.2) is 21.8 Å². The molecule has 0 aliphatic heterocycles. The summed E-state index contributed by atoms with van der Waals surface area (Å²) >= 11 is 0. The Kier molecular flexibility index (Phi) is 3.66. The number of sulfone groups is 1. The van der Waals surface area contributed by atoms with Crippen LogP contribution < -0.4 is 4.74 Å². The topological polar surface area (TPSA) is 60.4 Å². The van der Waals surface area contributed by atoms with Gasteiger partial charge in [-0.1, -0.05) is 18.2 Å². The SMILES string of the molecule is COc1ccc(S(=O)(=O)c2ccccc2C=O)cc1. The highest BCUT2D eigenvalue weighted by molar-refractivity contribution is 7.91. The van der Waals surface area contributed by atoms with Crippen LogP contribution in [0.5, 0.6) is 5.75 Å². The lowest BCUT2D eigenvalue weighted by Crippen LogP contribution is -2.05. The van der Waals surface area contributed by atoms with E-state index in [0.717, 1.165) is 0 Å². The van der Waals surface area contributed by atoms with Crippen molar-refractivity contribution in [2.45, 2.75) is 9.79 Å². The Morgan fingerprint density at radius 3 is 2.21 bits per heavy atom. The van der Waals surface area contributed by atoms with Gasteiger partial charge < -0.3 is 4.74 Å². The Bertz CT molecular complexity index is 688. The molecule has 0 radical (unpaired) electrons. The number of methoxy groups -OCH3 is 1. The second-order valence-corrected chi connectivity index (χ2v) is 5.75. The van der Waals surface area contributed by atoms with E-state index < -0.39 is 9.84 Å². The van der Waals surface area contributed by atoms with Gasteiger partial charge in [0.05, 0.1) is 16.9 Å². The lowest BCUT2D eigenvalue weighted by molar-refractivity contribution is 0.112. The number of carbonyl (C=O) groups excluding carboxylic acids is 1. The summed E-state index contributed by atoms with van der Waals surface area (Å²) in [4.78, 5) is 11.1. The Hall–Kier alpha value is -2.14. The molecule has 0 saturated heterocycles. The van der Waals surface area contributed by atoms with Gasteiger partial charge in [-0.15, -0.1) is 0 Å². The summed E-state index contributed by atoms with van der Waals surface area (Å²) in [5, 5.41) is 0. The Labute approximate surface area is 111 Å². The van der Waals surface area contributed by atoms with Gasteiger partial charge in [0.25, 0.3) is 0 Å². The Morgan fingerprint density at radius 1 is 1.00 bits per heavy atom. The van der Waals surface area contributed by atoms with Crippen molar-refractivity contribution in [3.05, 3.63) is 54.1 Å². The van der Waals surface area contributed by atoms with Crippen LogP contribution >= 0.6 is 0 Å². The van der Waals surface area contributed by atoms with Gasteiger partial charge in [-0.05, 0) is 30.3 Å². The van der Waals surface area contributed by atoms with Crippen LogP contribution in [0.2, 0.25) is 0 Å². The molecule has 0 fully saturated rings. The summed E-state index contributed by atoms with van der Waals surface area (Å²) in [5.41, 5.74) is 0.151. The number of rotatable bonds is 4. The Balaban J connectivity index is 2.55. The molecular formula is C14H12O4S. The minimum Gasteiger partial charge on any atom is -0.497 e. The van der Waals surface area contributed by atoms with E-state index in [-0.39, 0.29) is 15.4 Å². The van der Waals surface area contributed by atoms with E-state index in [1.54, 1.807) is 24.3 Å². The van der Waals surface area contributed by atoms with Gasteiger partial charge in [-0.3, -0.25) is 4.79 Å². The normalized spacial score (nSPS) is 11.0. The van der Waals surface area contributed by atoms with Gasteiger partial charge in [0, 0.05) is 5.56 Å². The highest BCUT2D eigenvalue weighted by Gasteiger charge is 2.20. The predicted octanol–water partition coefficient (Wildman–Crippen LogP) is 2.34. The summed E-state index contributed by atoms with van der Waals surface area (Å²) in [6, 6.07) is 12.1. The zero-order valence-corrected chi connectivity index (χ0v) is 11.1. The monoisotopic (exact) mass is 276 g/mol. The molecule has 2 rings (SSSR count). The molecule has 19 heavy (non-hydrogen) atoms. The maximum absolute atomic E-state index is 12.4. The maximum Gasteiger partial charge on any atom is 0.207 e. The van der Waals surface area contributed by atoms with E-state index in [1.807, 2.05) is 0 Å². The van der Waals surface area contributed by atoms with Crippen molar-refractivity contribution in [2.24, 2.45) is 0 Å². The van der Waals surface area contributed by atoms with Crippen molar-refractivity contribution in [2.75, 3.05) is 7.11 Å². The lowest BCUT2D eigenvalue weighted by atomic mass is 10.2. The van der Waals surface area contributed by atoms with Gasteiger partial charge in [-0.2, -0.15) is 0 Å².